The fourth-order valence-corrected chi connectivity index (χ4v) is 2.45. The van der Waals surface area contributed by atoms with Crippen molar-refractivity contribution in [2.45, 2.75) is 44.7 Å². The molecule has 0 aromatic heterocycles. The summed E-state index contributed by atoms with van der Waals surface area (Å²) in [5, 5.41) is 8.71. The van der Waals surface area contributed by atoms with E-state index in [4.69, 9.17) is 5.11 Å². The fourth-order valence-electron chi connectivity index (χ4n) is 2.45. The highest BCUT2D eigenvalue weighted by atomic mass is 16.4. The Kier molecular flexibility index (Phi) is 2.28. The third-order valence-corrected chi connectivity index (χ3v) is 3.42. The summed E-state index contributed by atoms with van der Waals surface area (Å²) in [5.74, 6) is -0.257. The van der Waals surface area contributed by atoms with Crippen LogP contribution in [-0.2, 0) is 4.79 Å². The molecule has 1 aliphatic heterocycles. The quantitative estimate of drug-likeness (QED) is 0.717. The van der Waals surface area contributed by atoms with Gasteiger partial charge in [0, 0.05) is 18.5 Å². The molecule has 3 heteroatoms. The number of carbonyl (C=O) groups is 1. The molecule has 1 saturated carbocycles. The van der Waals surface area contributed by atoms with Crippen LogP contribution in [0, 0.1) is 5.92 Å². The number of hydrogen-bond donors (Lipinski definition) is 1. The largest absolute Gasteiger partial charge is 0.481 e. The zero-order valence-corrected chi connectivity index (χ0v) is 8.07. The Hall–Kier alpha value is -0.570. The number of carboxylic acids is 1. The molecule has 2 fully saturated rings. The first kappa shape index (κ1) is 9.00. The molecule has 1 saturated heterocycles. The Balaban J connectivity index is 1.89. The molecule has 0 spiro atoms. The first-order chi connectivity index (χ1) is 6.18. The minimum atomic E-state index is -0.644. The molecule has 0 aromatic rings. The van der Waals surface area contributed by atoms with Crippen molar-refractivity contribution in [1.29, 1.82) is 0 Å². The molecular weight excluding hydrogens is 166 g/mol. The van der Waals surface area contributed by atoms with Gasteiger partial charge in [0.1, 0.15) is 0 Å². The van der Waals surface area contributed by atoms with Gasteiger partial charge < -0.3 is 5.11 Å². The van der Waals surface area contributed by atoms with Crippen LogP contribution in [0.2, 0.25) is 0 Å². The van der Waals surface area contributed by atoms with Gasteiger partial charge in [-0.05, 0) is 38.6 Å². The van der Waals surface area contributed by atoms with Gasteiger partial charge in [-0.2, -0.15) is 0 Å². The topological polar surface area (TPSA) is 40.5 Å². The number of rotatable bonds is 3. The zero-order valence-electron chi connectivity index (χ0n) is 8.07. The molecular formula is C10H17NO2. The standard InChI is InChI=1S/C10H17NO2/c1-7-8(6-10(12)13)4-5-11(7)9-2-3-9/h7-9H,2-6H2,1H3,(H,12,13)/t7-,8-/m1/s1. The summed E-state index contributed by atoms with van der Waals surface area (Å²) in [7, 11) is 0. The lowest BCUT2D eigenvalue weighted by Crippen LogP contribution is -2.32. The highest BCUT2D eigenvalue weighted by molar-refractivity contribution is 5.67. The van der Waals surface area contributed by atoms with Crippen LogP contribution in [0.25, 0.3) is 0 Å². The Bertz CT molecular complexity index is 213. The highest BCUT2D eigenvalue weighted by Gasteiger charge is 2.39. The Labute approximate surface area is 78.7 Å². The smallest absolute Gasteiger partial charge is 0.303 e. The molecule has 13 heavy (non-hydrogen) atoms. The van der Waals surface area contributed by atoms with Gasteiger partial charge in [0.15, 0.2) is 0 Å². The van der Waals surface area contributed by atoms with Crippen molar-refractivity contribution in [3.05, 3.63) is 0 Å². The number of carboxylic acid groups (broad SMARTS) is 1. The maximum absolute atomic E-state index is 10.6. The molecule has 1 N–H and O–H groups in total. The second-order valence-corrected chi connectivity index (χ2v) is 4.36. The van der Waals surface area contributed by atoms with Gasteiger partial charge >= 0.3 is 5.97 Å². The third-order valence-electron chi connectivity index (χ3n) is 3.42. The first-order valence-corrected chi connectivity index (χ1v) is 5.16. The average molecular weight is 183 g/mol. The van der Waals surface area contributed by atoms with Crippen LogP contribution in [0.15, 0.2) is 0 Å². The molecule has 2 rings (SSSR count). The van der Waals surface area contributed by atoms with Crippen LogP contribution < -0.4 is 0 Å². The monoisotopic (exact) mass is 183 g/mol. The van der Waals surface area contributed by atoms with E-state index >= 15 is 0 Å². The minimum absolute atomic E-state index is 0.352. The zero-order chi connectivity index (χ0) is 9.42. The van der Waals surface area contributed by atoms with Gasteiger partial charge in [0.05, 0.1) is 0 Å². The summed E-state index contributed by atoms with van der Waals surface area (Å²) in [6.45, 7) is 3.29. The van der Waals surface area contributed by atoms with Crippen molar-refractivity contribution < 1.29 is 9.90 Å². The third kappa shape index (κ3) is 1.85. The SMILES string of the molecule is C[C@@H]1[C@@H](CC(=O)O)CCN1C1CC1. The Morgan fingerprint density at radius 3 is 2.69 bits per heavy atom. The van der Waals surface area contributed by atoms with E-state index in [1.807, 2.05) is 0 Å². The minimum Gasteiger partial charge on any atom is -0.481 e. The predicted molar refractivity (Wildman–Crippen MR) is 49.5 cm³/mol. The summed E-state index contributed by atoms with van der Waals surface area (Å²) in [6, 6.07) is 1.28. The fraction of sp³-hybridized carbons (Fsp3) is 0.900. The van der Waals surface area contributed by atoms with E-state index in [0.717, 1.165) is 19.0 Å². The maximum Gasteiger partial charge on any atom is 0.303 e. The van der Waals surface area contributed by atoms with Crippen LogP contribution in [0.4, 0.5) is 0 Å². The summed E-state index contributed by atoms with van der Waals surface area (Å²) >= 11 is 0. The predicted octanol–water partition coefficient (Wildman–Crippen LogP) is 1.33. The van der Waals surface area contributed by atoms with Crippen LogP contribution in [0.5, 0.6) is 0 Å². The molecule has 2 atom stereocenters. The van der Waals surface area contributed by atoms with Crippen LogP contribution in [0.1, 0.15) is 32.6 Å². The molecule has 2 aliphatic rings. The maximum atomic E-state index is 10.6. The summed E-state index contributed by atoms with van der Waals surface area (Å²) in [5.41, 5.74) is 0. The van der Waals surface area contributed by atoms with Crippen LogP contribution >= 0.6 is 0 Å². The molecule has 0 aromatic carbocycles. The van der Waals surface area contributed by atoms with Gasteiger partial charge in [-0.1, -0.05) is 0 Å². The van der Waals surface area contributed by atoms with Crippen molar-refractivity contribution in [1.82, 2.24) is 4.90 Å². The van der Waals surface area contributed by atoms with Gasteiger partial charge in [-0.25, -0.2) is 0 Å². The average Bonchev–Trinajstić information content (AvgIpc) is 2.81. The molecule has 0 bridgehead atoms. The van der Waals surface area contributed by atoms with E-state index in [1.54, 1.807) is 0 Å². The van der Waals surface area contributed by atoms with Crippen molar-refractivity contribution in [3.8, 4) is 0 Å². The van der Waals surface area contributed by atoms with E-state index < -0.39 is 5.97 Å². The van der Waals surface area contributed by atoms with Crippen LogP contribution in [0.3, 0.4) is 0 Å². The summed E-state index contributed by atoms with van der Waals surface area (Å²) in [6.07, 6.45) is 4.07. The highest BCUT2D eigenvalue weighted by Crippen LogP contribution is 2.36. The number of aliphatic carboxylic acids is 1. The number of likely N-dealkylation sites (tertiary alicyclic amines) is 1. The van der Waals surface area contributed by atoms with E-state index in [0.29, 0.717) is 18.4 Å². The molecule has 3 nitrogen and oxygen atoms in total. The van der Waals surface area contributed by atoms with E-state index in [-0.39, 0.29) is 0 Å². The van der Waals surface area contributed by atoms with E-state index in [2.05, 4.69) is 11.8 Å². The number of nitrogens with zero attached hydrogens (tertiary/aromatic N) is 1. The van der Waals surface area contributed by atoms with Gasteiger partial charge in [0.25, 0.3) is 0 Å². The number of hydrogen-bond acceptors (Lipinski definition) is 2. The van der Waals surface area contributed by atoms with Crippen molar-refractivity contribution in [3.63, 3.8) is 0 Å². The summed E-state index contributed by atoms with van der Waals surface area (Å²) in [4.78, 5) is 13.1. The van der Waals surface area contributed by atoms with Gasteiger partial charge in [0.2, 0.25) is 0 Å². The van der Waals surface area contributed by atoms with Crippen LogP contribution in [-0.4, -0.2) is 34.6 Å². The molecule has 74 valence electrons. The lowest BCUT2D eigenvalue weighted by Gasteiger charge is -2.23. The van der Waals surface area contributed by atoms with E-state index in [1.165, 1.54) is 12.8 Å². The second-order valence-electron chi connectivity index (χ2n) is 4.36. The van der Waals surface area contributed by atoms with Crippen molar-refractivity contribution in [2.24, 2.45) is 5.92 Å². The van der Waals surface area contributed by atoms with Crippen molar-refractivity contribution >= 4 is 5.97 Å². The Morgan fingerprint density at radius 1 is 1.46 bits per heavy atom. The normalized spacial score (nSPS) is 35.2. The van der Waals surface area contributed by atoms with E-state index in [9.17, 15) is 4.79 Å². The molecule has 1 heterocycles. The summed E-state index contributed by atoms with van der Waals surface area (Å²) < 4.78 is 0. The molecule has 0 amide bonds. The van der Waals surface area contributed by atoms with Gasteiger partial charge in [-0.15, -0.1) is 0 Å². The van der Waals surface area contributed by atoms with Crippen molar-refractivity contribution in [2.75, 3.05) is 6.54 Å². The molecule has 0 radical (unpaired) electrons. The van der Waals surface area contributed by atoms with Gasteiger partial charge in [-0.3, -0.25) is 9.69 Å². The lowest BCUT2D eigenvalue weighted by atomic mass is 9.98. The molecule has 1 aliphatic carbocycles. The molecule has 0 unspecified atom stereocenters. The first-order valence-electron chi connectivity index (χ1n) is 5.16. The Morgan fingerprint density at radius 2 is 2.15 bits per heavy atom. The lowest BCUT2D eigenvalue weighted by molar-refractivity contribution is -0.138. The second kappa shape index (κ2) is 3.29.